The zero-order valence-electron chi connectivity index (χ0n) is 13.7. The van der Waals surface area contributed by atoms with E-state index in [0.29, 0.717) is 30.0 Å². The molecule has 1 N–H and O–H groups in total. The number of hydrogen-bond acceptors (Lipinski definition) is 4. The highest BCUT2D eigenvalue weighted by molar-refractivity contribution is 7.90. The molecule has 0 bridgehead atoms. The lowest BCUT2D eigenvalue weighted by Crippen LogP contribution is -2.68. The number of benzene rings is 1. The molecule has 2 amide bonds. The summed E-state index contributed by atoms with van der Waals surface area (Å²) in [6.07, 6.45) is 0.910. The average Bonchev–Trinajstić information content (AvgIpc) is 2.47. The zero-order chi connectivity index (χ0) is 18.0. The summed E-state index contributed by atoms with van der Waals surface area (Å²) < 4.78 is 25.6. The van der Waals surface area contributed by atoms with Crippen molar-refractivity contribution in [3.8, 4) is 0 Å². The molecule has 1 saturated heterocycles. The van der Waals surface area contributed by atoms with Crippen molar-refractivity contribution in [3.63, 3.8) is 0 Å². The minimum Gasteiger partial charge on any atom is -0.328 e. The van der Waals surface area contributed by atoms with Crippen LogP contribution in [0.4, 0.5) is 0 Å². The summed E-state index contributed by atoms with van der Waals surface area (Å²) in [5.41, 5.74) is -0.462. The number of rotatable bonds is 6. The normalized spacial score (nSPS) is 20.4. The summed E-state index contributed by atoms with van der Waals surface area (Å²) >= 11 is 6.06. The molecule has 1 aromatic rings. The van der Waals surface area contributed by atoms with E-state index >= 15 is 0 Å². The minimum absolute atomic E-state index is 0.0737. The summed E-state index contributed by atoms with van der Waals surface area (Å²) in [6, 6.07) is 7.01. The highest BCUT2D eigenvalue weighted by Gasteiger charge is 2.50. The van der Waals surface area contributed by atoms with Crippen LogP contribution < -0.4 is 4.72 Å². The van der Waals surface area contributed by atoms with E-state index in [1.807, 2.05) is 0 Å². The van der Waals surface area contributed by atoms with E-state index in [0.717, 1.165) is 0 Å². The van der Waals surface area contributed by atoms with Gasteiger partial charge in [0, 0.05) is 11.6 Å². The van der Waals surface area contributed by atoms with Crippen molar-refractivity contribution >= 4 is 33.4 Å². The SMILES string of the molecule is CCCS(=O)(=O)NC(=O)C1(C)CCN1C(=O)Cc1ccccc1Cl. The third-order valence-corrected chi connectivity index (χ3v) is 6.04. The van der Waals surface area contributed by atoms with Gasteiger partial charge in [-0.15, -0.1) is 0 Å². The van der Waals surface area contributed by atoms with E-state index in [9.17, 15) is 18.0 Å². The van der Waals surface area contributed by atoms with Crippen LogP contribution >= 0.6 is 11.6 Å². The lowest BCUT2D eigenvalue weighted by molar-refractivity contribution is -0.156. The number of nitrogens with zero attached hydrogens (tertiary/aromatic N) is 1. The fraction of sp³-hybridized carbons (Fsp3) is 0.500. The second-order valence-corrected chi connectivity index (χ2v) is 8.34. The van der Waals surface area contributed by atoms with Gasteiger partial charge in [-0.25, -0.2) is 8.42 Å². The average molecular weight is 373 g/mol. The first kappa shape index (κ1) is 18.7. The van der Waals surface area contributed by atoms with Crippen molar-refractivity contribution in [2.45, 2.75) is 38.6 Å². The van der Waals surface area contributed by atoms with Crippen molar-refractivity contribution in [1.82, 2.24) is 9.62 Å². The number of nitrogens with one attached hydrogen (secondary N) is 1. The Balaban J connectivity index is 2.08. The molecule has 1 aliphatic heterocycles. The van der Waals surface area contributed by atoms with E-state index in [1.54, 1.807) is 38.1 Å². The summed E-state index contributed by atoms with van der Waals surface area (Å²) in [4.78, 5) is 26.3. The molecule has 6 nitrogen and oxygen atoms in total. The fourth-order valence-corrected chi connectivity index (χ4v) is 4.01. The van der Waals surface area contributed by atoms with Gasteiger partial charge >= 0.3 is 0 Å². The monoisotopic (exact) mass is 372 g/mol. The van der Waals surface area contributed by atoms with E-state index in [4.69, 9.17) is 11.6 Å². The van der Waals surface area contributed by atoms with Crippen LogP contribution in [0, 0.1) is 0 Å². The van der Waals surface area contributed by atoms with Crippen LogP contribution in [0.1, 0.15) is 32.3 Å². The van der Waals surface area contributed by atoms with Crippen LogP contribution in [0.2, 0.25) is 5.02 Å². The lowest BCUT2D eigenvalue weighted by atomic mass is 9.85. The van der Waals surface area contributed by atoms with Gasteiger partial charge in [0.05, 0.1) is 12.2 Å². The molecule has 2 rings (SSSR count). The Hall–Kier alpha value is -1.60. The second-order valence-electron chi connectivity index (χ2n) is 6.09. The molecule has 1 heterocycles. The van der Waals surface area contributed by atoms with Gasteiger partial charge in [-0.05, 0) is 31.4 Å². The molecule has 1 fully saturated rings. The van der Waals surface area contributed by atoms with Crippen LogP contribution in [0.3, 0.4) is 0 Å². The van der Waals surface area contributed by atoms with Gasteiger partial charge in [-0.2, -0.15) is 0 Å². The Labute approximate surface area is 147 Å². The Morgan fingerprint density at radius 1 is 1.33 bits per heavy atom. The maximum absolute atomic E-state index is 12.5. The molecule has 0 radical (unpaired) electrons. The van der Waals surface area contributed by atoms with Gasteiger partial charge in [-0.3, -0.25) is 14.3 Å². The van der Waals surface area contributed by atoms with Crippen molar-refractivity contribution in [2.24, 2.45) is 0 Å². The maximum Gasteiger partial charge on any atom is 0.259 e. The Morgan fingerprint density at radius 2 is 2.00 bits per heavy atom. The fourth-order valence-electron chi connectivity index (χ4n) is 2.67. The number of halogens is 1. The number of likely N-dealkylation sites (tertiary alicyclic amines) is 1. The highest BCUT2D eigenvalue weighted by atomic mass is 35.5. The molecular formula is C16H21ClN2O4S. The van der Waals surface area contributed by atoms with E-state index < -0.39 is 21.5 Å². The lowest BCUT2D eigenvalue weighted by Gasteiger charge is -2.49. The third-order valence-electron chi connectivity index (χ3n) is 4.23. The molecule has 0 aliphatic carbocycles. The standard InChI is InChI=1S/C16H21ClN2O4S/c1-3-10-24(22,23)18-15(21)16(2)8-9-19(16)14(20)11-12-6-4-5-7-13(12)17/h4-7H,3,8-11H2,1-2H3,(H,18,21). The predicted octanol–water partition coefficient (Wildman–Crippen LogP) is 1.73. The molecule has 1 atom stereocenters. The molecule has 8 heteroatoms. The first-order valence-electron chi connectivity index (χ1n) is 7.78. The molecule has 0 spiro atoms. The quantitative estimate of drug-likeness (QED) is 0.824. The minimum atomic E-state index is -3.66. The maximum atomic E-state index is 12.5. The summed E-state index contributed by atoms with van der Waals surface area (Å²) in [5, 5.41) is 0.489. The van der Waals surface area contributed by atoms with E-state index in [1.165, 1.54) is 4.90 Å². The number of carbonyl (C=O) groups is 2. The van der Waals surface area contributed by atoms with Crippen molar-refractivity contribution in [1.29, 1.82) is 0 Å². The topological polar surface area (TPSA) is 83.6 Å². The van der Waals surface area contributed by atoms with E-state index in [2.05, 4.69) is 4.72 Å². The zero-order valence-corrected chi connectivity index (χ0v) is 15.3. The van der Waals surface area contributed by atoms with Gasteiger partial charge in [0.1, 0.15) is 5.54 Å². The smallest absolute Gasteiger partial charge is 0.259 e. The summed E-state index contributed by atoms with van der Waals surface area (Å²) in [6.45, 7) is 3.72. The molecule has 0 saturated carbocycles. The van der Waals surface area contributed by atoms with Crippen LogP contribution in [-0.4, -0.2) is 43.0 Å². The Bertz CT molecular complexity index is 750. The first-order valence-corrected chi connectivity index (χ1v) is 9.81. The van der Waals surface area contributed by atoms with Gasteiger partial charge in [0.25, 0.3) is 5.91 Å². The Morgan fingerprint density at radius 3 is 2.54 bits per heavy atom. The number of hydrogen-bond donors (Lipinski definition) is 1. The molecule has 0 aromatic heterocycles. The molecule has 24 heavy (non-hydrogen) atoms. The Kier molecular flexibility index (Phi) is 5.55. The summed E-state index contributed by atoms with van der Waals surface area (Å²) in [7, 11) is -3.66. The molecular weight excluding hydrogens is 352 g/mol. The molecule has 1 aromatic carbocycles. The van der Waals surface area contributed by atoms with Gasteiger partial charge in [-0.1, -0.05) is 36.7 Å². The molecule has 132 valence electrons. The largest absolute Gasteiger partial charge is 0.328 e. The van der Waals surface area contributed by atoms with Gasteiger partial charge in [0.15, 0.2) is 0 Å². The van der Waals surface area contributed by atoms with Gasteiger partial charge in [0.2, 0.25) is 15.9 Å². The van der Waals surface area contributed by atoms with Crippen molar-refractivity contribution in [3.05, 3.63) is 34.9 Å². The van der Waals surface area contributed by atoms with Gasteiger partial charge < -0.3 is 4.90 Å². The van der Waals surface area contributed by atoms with Crippen LogP contribution in [0.15, 0.2) is 24.3 Å². The predicted molar refractivity (Wildman–Crippen MR) is 92.1 cm³/mol. The molecule has 1 aliphatic rings. The molecule has 1 unspecified atom stereocenters. The van der Waals surface area contributed by atoms with E-state index in [-0.39, 0.29) is 18.1 Å². The highest BCUT2D eigenvalue weighted by Crippen LogP contribution is 2.32. The number of carbonyl (C=O) groups excluding carboxylic acids is 2. The first-order chi connectivity index (χ1) is 11.2. The second kappa shape index (κ2) is 7.11. The van der Waals surface area contributed by atoms with Crippen molar-refractivity contribution < 1.29 is 18.0 Å². The number of sulfonamides is 1. The number of amides is 2. The van der Waals surface area contributed by atoms with Crippen LogP contribution in [-0.2, 0) is 26.0 Å². The van der Waals surface area contributed by atoms with Crippen molar-refractivity contribution in [2.75, 3.05) is 12.3 Å². The third kappa shape index (κ3) is 3.89. The summed E-state index contributed by atoms with van der Waals surface area (Å²) in [5.74, 6) is -1.03. The van der Waals surface area contributed by atoms with Crippen LogP contribution in [0.25, 0.3) is 0 Å². The van der Waals surface area contributed by atoms with Crippen LogP contribution in [0.5, 0.6) is 0 Å².